The van der Waals surface area contributed by atoms with E-state index in [4.69, 9.17) is 0 Å². The maximum atomic E-state index is 13.2. The summed E-state index contributed by atoms with van der Waals surface area (Å²) in [6.07, 6.45) is 0. The van der Waals surface area contributed by atoms with Gasteiger partial charge in [0.05, 0.1) is 16.7 Å². The molecule has 0 aliphatic carbocycles. The number of rotatable bonds is 6. The molecule has 36 heavy (non-hydrogen) atoms. The van der Waals surface area contributed by atoms with Crippen LogP contribution in [-0.2, 0) is 0 Å². The summed E-state index contributed by atoms with van der Waals surface area (Å²) in [5.74, 6) is -4.83. The summed E-state index contributed by atoms with van der Waals surface area (Å²) in [6.45, 7) is 0. The Morgan fingerprint density at radius 2 is 0.639 bits per heavy atom. The van der Waals surface area contributed by atoms with Crippen LogP contribution in [0, 0.1) is 0 Å². The molecule has 0 unspecified atom stereocenters. The molecule has 0 saturated carbocycles. The molecular formula is C27H18O9. The van der Waals surface area contributed by atoms with Crippen LogP contribution in [0.15, 0.2) is 72.8 Å². The number of carbonyl (C=O) groups excluding carboxylic acids is 3. The van der Waals surface area contributed by atoms with Gasteiger partial charge in [0.15, 0.2) is 17.3 Å². The highest BCUT2D eigenvalue weighted by Gasteiger charge is 2.23. The lowest BCUT2D eigenvalue weighted by Crippen LogP contribution is -2.11. The molecule has 0 aliphatic heterocycles. The van der Waals surface area contributed by atoms with Crippen molar-refractivity contribution in [2.24, 2.45) is 0 Å². The molecule has 0 radical (unpaired) electrons. The van der Waals surface area contributed by atoms with E-state index in [9.17, 15) is 45.0 Å². The molecule has 0 aliphatic rings. The molecule has 180 valence electrons. The summed E-state index contributed by atoms with van der Waals surface area (Å²) in [5, 5.41) is 59.6. The third kappa shape index (κ3) is 4.53. The molecule has 0 atom stereocenters. The Morgan fingerprint density at radius 3 is 0.889 bits per heavy atom. The van der Waals surface area contributed by atoms with E-state index in [-0.39, 0.29) is 50.6 Å². The van der Waals surface area contributed by atoms with Crippen LogP contribution in [-0.4, -0.2) is 48.0 Å². The van der Waals surface area contributed by atoms with Crippen LogP contribution >= 0.6 is 0 Å². The molecule has 0 fully saturated rings. The predicted octanol–water partition coefficient (Wildman–Crippen LogP) is 3.61. The minimum Gasteiger partial charge on any atom is -0.508 e. The minimum atomic E-state index is -0.840. The van der Waals surface area contributed by atoms with Crippen molar-refractivity contribution in [2.75, 3.05) is 0 Å². The van der Waals surface area contributed by atoms with E-state index in [0.717, 1.165) is 72.8 Å². The van der Waals surface area contributed by atoms with Crippen molar-refractivity contribution in [3.63, 3.8) is 0 Å². The van der Waals surface area contributed by atoms with E-state index < -0.39 is 34.6 Å². The van der Waals surface area contributed by atoms with Crippen LogP contribution in [0.2, 0.25) is 0 Å². The maximum absolute atomic E-state index is 13.2. The highest BCUT2D eigenvalue weighted by Crippen LogP contribution is 2.30. The van der Waals surface area contributed by atoms with Gasteiger partial charge in [-0.2, -0.15) is 0 Å². The van der Waals surface area contributed by atoms with Crippen LogP contribution < -0.4 is 0 Å². The molecule has 0 saturated heterocycles. The van der Waals surface area contributed by atoms with E-state index in [1.165, 1.54) is 0 Å². The fraction of sp³-hybridized carbons (Fsp3) is 0. The van der Waals surface area contributed by atoms with E-state index in [0.29, 0.717) is 0 Å². The first-order chi connectivity index (χ1) is 17.0. The Hall–Kier alpha value is -5.31. The second-order valence-electron chi connectivity index (χ2n) is 7.89. The molecule has 6 N–H and O–H groups in total. The Morgan fingerprint density at radius 1 is 0.389 bits per heavy atom. The lowest BCUT2D eigenvalue weighted by molar-refractivity contribution is 0.103. The van der Waals surface area contributed by atoms with Crippen LogP contribution in [0.5, 0.6) is 34.5 Å². The zero-order chi connectivity index (χ0) is 26.1. The van der Waals surface area contributed by atoms with Crippen molar-refractivity contribution in [1.29, 1.82) is 0 Å². The van der Waals surface area contributed by atoms with Gasteiger partial charge in [0.2, 0.25) is 0 Å². The van der Waals surface area contributed by atoms with Gasteiger partial charge >= 0.3 is 0 Å². The highest BCUT2D eigenvalue weighted by atomic mass is 16.3. The number of hydrogen-bond acceptors (Lipinski definition) is 9. The smallest absolute Gasteiger partial charge is 0.196 e. The van der Waals surface area contributed by atoms with Crippen LogP contribution in [0.4, 0.5) is 0 Å². The number of ketones is 3. The third-order valence-corrected chi connectivity index (χ3v) is 5.39. The van der Waals surface area contributed by atoms with Crippen molar-refractivity contribution >= 4 is 17.3 Å². The molecule has 0 heterocycles. The zero-order valence-electron chi connectivity index (χ0n) is 18.3. The minimum absolute atomic E-state index is 0.232. The first-order valence-corrected chi connectivity index (χ1v) is 10.4. The largest absolute Gasteiger partial charge is 0.508 e. The first-order valence-electron chi connectivity index (χ1n) is 10.4. The summed E-state index contributed by atoms with van der Waals surface area (Å²) >= 11 is 0. The molecule has 0 aromatic heterocycles. The van der Waals surface area contributed by atoms with Crippen molar-refractivity contribution in [1.82, 2.24) is 0 Å². The molecule has 0 amide bonds. The van der Waals surface area contributed by atoms with E-state index in [1.807, 2.05) is 0 Å². The van der Waals surface area contributed by atoms with Crippen molar-refractivity contribution < 1.29 is 45.0 Å². The molecule has 4 aromatic carbocycles. The number of hydrogen-bond donors (Lipinski definition) is 6. The topological polar surface area (TPSA) is 173 Å². The van der Waals surface area contributed by atoms with E-state index in [1.54, 1.807) is 0 Å². The first kappa shape index (κ1) is 23.8. The second-order valence-corrected chi connectivity index (χ2v) is 7.89. The maximum Gasteiger partial charge on any atom is 0.196 e. The Kier molecular flexibility index (Phi) is 6.06. The highest BCUT2D eigenvalue weighted by molar-refractivity contribution is 6.18. The Balaban J connectivity index is 1.91. The van der Waals surface area contributed by atoms with Gasteiger partial charge in [-0.25, -0.2) is 0 Å². The summed E-state index contributed by atoms with van der Waals surface area (Å²) < 4.78 is 0. The summed E-state index contributed by atoms with van der Waals surface area (Å²) in [4.78, 5) is 39.6. The number of phenols is 6. The standard InChI is InChI=1S/C27H18O9/c28-16-1-4-22(31)19(10-16)25(34)13-7-14(26(35)20-11-17(29)2-5-23(20)32)9-15(8-13)27(36)21-12-18(30)3-6-24(21)33/h1-12,28-33H. The number of phenolic OH excluding ortho intramolecular Hbond substituents is 6. The number of carbonyl (C=O) groups is 3. The molecular weight excluding hydrogens is 468 g/mol. The predicted molar refractivity (Wildman–Crippen MR) is 126 cm³/mol. The Labute approximate surface area is 203 Å². The van der Waals surface area contributed by atoms with Gasteiger partial charge < -0.3 is 30.6 Å². The third-order valence-electron chi connectivity index (χ3n) is 5.39. The molecule has 0 bridgehead atoms. The number of benzene rings is 4. The second kappa shape index (κ2) is 9.15. The van der Waals surface area contributed by atoms with Crippen molar-refractivity contribution in [3.8, 4) is 34.5 Å². The summed E-state index contributed by atoms with van der Waals surface area (Å²) in [7, 11) is 0. The van der Waals surface area contributed by atoms with Gasteiger partial charge in [0.1, 0.15) is 34.5 Å². The van der Waals surface area contributed by atoms with E-state index in [2.05, 4.69) is 0 Å². The average molecular weight is 486 g/mol. The molecule has 9 nitrogen and oxygen atoms in total. The van der Waals surface area contributed by atoms with Crippen molar-refractivity contribution in [3.05, 3.63) is 106 Å². The fourth-order valence-corrected chi connectivity index (χ4v) is 3.61. The van der Waals surface area contributed by atoms with Gasteiger partial charge in [0, 0.05) is 16.7 Å². The van der Waals surface area contributed by atoms with Gasteiger partial charge in [-0.15, -0.1) is 0 Å². The van der Waals surface area contributed by atoms with Crippen LogP contribution in [0.3, 0.4) is 0 Å². The quantitative estimate of drug-likeness (QED) is 0.176. The lowest BCUT2D eigenvalue weighted by atomic mass is 9.91. The van der Waals surface area contributed by atoms with Gasteiger partial charge in [-0.3, -0.25) is 14.4 Å². The monoisotopic (exact) mass is 486 g/mol. The fourth-order valence-electron chi connectivity index (χ4n) is 3.61. The zero-order valence-corrected chi connectivity index (χ0v) is 18.3. The van der Waals surface area contributed by atoms with E-state index >= 15 is 0 Å². The normalized spacial score (nSPS) is 10.7. The van der Waals surface area contributed by atoms with Crippen LogP contribution in [0.1, 0.15) is 47.8 Å². The van der Waals surface area contributed by atoms with Gasteiger partial charge in [0.25, 0.3) is 0 Å². The average Bonchev–Trinajstić information content (AvgIpc) is 2.86. The van der Waals surface area contributed by atoms with Gasteiger partial charge in [-0.1, -0.05) is 0 Å². The molecule has 9 heteroatoms. The molecule has 4 aromatic rings. The van der Waals surface area contributed by atoms with Crippen LogP contribution in [0.25, 0.3) is 0 Å². The molecule has 0 spiro atoms. The SMILES string of the molecule is O=C(c1cc(C(=O)c2cc(O)ccc2O)cc(C(=O)c2cc(O)ccc2O)c1)c1cc(O)ccc1O. The van der Waals surface area contributed by atoms with Crippen molar-refractivity contribution in [2.45, 2.75) is 0 Å². The number of aromatic hydroxyl groups is 6. The lowest BCUT2D eigenvalue weighted by Gasteiger charge is -2.11. The van der Waals surface area contributed by atoms with Gasteiger partial charge in [-0.05, 0) is 72.8 Å². The molecule has 4 rings (SSSR count). The Bertz CT molecular complexity index is 1360. The summed E-state index contributed by atoms with van der Waals surface area (Å²) in [6, 6.07) is 13.2. The summed E-state index contributed by atoms with van der Waals surface area (Å²) in [5.41, 5.74) is -1.62.